The molecule has 2 heteroatoms. The van der Waals surface area contributed by atoms with Gasteiger partial charge in [-0.15, -0.1) is 0 Å². The Morgan fingerprint density at radius 3 is 2.47 bits per heavy atom. The lowest BCUT2D eigenvalue weighted by Crippen LogP contribution is -2.46. The van der Waals surface area contributed by atoms with Crippen molar-refractivity contribution in [1.82, 2.24) is 4.90 Å². The van der Waals surface area contributed by atoms with Crippen molar-refractivity contribution >= 4 is 6.29 Å². The van der Waals surface area contributed by atoms with Crippen molar-refractivity contribution in [1.29, 1.82) is 0 Å². The molecule has 110 valence electrons. The molecule has 2 nitrogen and oxygen atoms in total. The largest absolute Gasteiger partial charge is 0.303 e. The fraction of sp³-hybridized carbons (Fsp3) is 0.941. The van der Waals surface area contributed by atoms with Gasteiger partial charge in [0.25, 0.3) is 0 Å². The topological polar surface area (TPSA) is 20.3 Å². The molecule has 2 aliphatic rings. The summed E-state index contributed by atoms with van der Waals surface area (Å²) in [5.74, 6) is 0. The van der Waals surface area contributed by atoms with Crippen LogP contribution in [0.4, 0.5) is 0 Å². The van der Waals surface area contributed by atoms with Crippen LogP contribution in [0, 0.1) is 5.41 Å². The molecule has 2 rings (SSSR count). The van der Waals surface area contributed by atoms with Gasteiger partial charge in [-0.2, -0.15) is 0 Å². The highest BCUT2D eigenvalue weighted by atomic mass is 16.1. The zero-order valence-corrected chi connectivity index (χ0v) is 12.7. The van der Waals surface area contributed by atoms with Crippen LogP contribution in [0.1, 0.15) is 77.6 Å². The summed E-state index contributed by atoms with van der Waals surface area (Å²) in [4.78, 5) is 14.4. The summed E-state index contributed by atoms with van der Waals surface area (Å²) in [5.41, 5.74) is -0.0141. The molecule has 1 saturated heterocycles. The maximum absolute atomic E-state index is 11.7. The smallest absolute Gasteiger partial charge is 0.127 e. The van der Waals surface area contributed by atoms with Crippen molar-refractivity contribution in [2.75, 3.05) is 13.1 Å². The highest BCUT2D eigenvalue weighted by Gasteiger charge is 2.35. The van der Waals surface area contributed by atoms with E-state index in [1.807, 2.05) is 0 Å². The number of hydrogen-bond donors (Lipinski definition) is 0. The first-order chi connectivity index (χ1) is 9.29. The number of rotatable bonds is 5. The number of piperidine rings is 1. The second-order valence-corrected chi connectivity index (χ2v) is 6.80. The predicted molar refractivity (Wildman–Crippen MR) is 80.3 cm³/mol. The van der Waals surface area contributed by atoms with Gasteiger partial charge in [-0.3, -0.25) is 4.90 Å². The highest BCUT2D eigenvalue weighted by molar-refractivity contribution is 5.59. The van der Waals surface area contributed by atoms with Crippen molar-refractivity contribution in [3.63, 3.8) is 0 Å². The Morgan fingerprint density at radius 2 is 1.84 bits per heavy atom. The molecule has 19 heavy (non-hydrogen) atoms. The van der Waals surface area contributed by atoms with Crippen molar-refractivity contribution in [3.8, 4) is 0 Å². The van der Waals surface area contributed by atoms with Crippen LogP contribution in [0.2, 0.25) is 0 Å². The van der Waals surface area contributed by atoms with Crippen LogP contribution >= 0.6 is 0 Å². The molecule has 0 spiro atoms. The summed E-state index contributed by atoms with van der Waals surface area (Å²) in [6.45, 7) is 4.55. The first kappa shape index (κ1) is 15.0. The minimum absolute atomic E-state index is 0.0141. The number of nitrogens with zero attached hydrogens (tertiary/aromatic N) is 1. The lowest BCUT2D eigenvalue weighted by atomic mass is 9.80. The Hall–Kier alpha value is -0.370. The fourth-order valence-electron chi connectivity index (χ4n) is 4.08. The van der Waals surface area contributed by atoms with Crippen LogP contribution in [0.15, 0.2) is 0 Å². The molecule has 0 N–H and O–H groups in total. The average molecular weight is 265 g/mol. The van der Waals surface area contributed by atoms with Gasteiger partial charge in [0, 0.05) is 18.0 Å². The first-order valence-electron chi connectivity index (χ1n) is 8.50. The van der Waals surface area contributed by atoms with Crippen LogP contribution in [0.5, 0.6) is 0 Å². The van der Waals surface area contributed by atoms with Gasteiger partial charge >= 0.3 is 0 Å². The minimum atomic E-state index is -0.0141. The zero-order valence-electron chi connectivity index (χ0n) is 12.7. The van der Waals surface area contributed by atoms with Crippen molar-refractivity contribution in [2.45, 2.75) is 83.6 Å². The number of likely N-dealkylation sites (tertiary alicyclic amines) is 1. The van der Waals surface area contributed by atoms with E-state index in [0.717, 1.165) is 25.4 Å². The number of hydrogen-bond acceptors (Lipinski definition) is 2. The number of carbonyl (C=O) groups is 1. The average Bonchev–Trinajstić information content (AvgIpc) is 2.68. The molecule has 1 unspecified atom stereocenters. The van der Waals surface area contributed by atoms with E-state index in [9.17, 15) is 4.79 Å². The van der Waals surface area contributed by atoms with Gasteiger partial charge < -0.3 is 4.79 Å². The molecule has 1 atom stereocenters. The van der Waals surface area contributed by atoms with Gasteiger partial charge in [0.15, 0.2) is 0 Å². The molecule has 1 saturated carbocycles. The Morgan fingerprint density at radius 1 is 1.11 bits per heavy atom. The molecule has 1 heterocycles. The summed E-state index contributed by atoms with van der Waals surface area (Å²) in [5, 5.41) is 0. The van der Waals surface area contributed by atoms with E-state index in [1.165, 1.54) is 70.6 Å². The normalized spacial score (nSPS) is 28.8. The third-order valence-electron chi connectivity index (χ3n) is 5.24. The monoisotopic (exact) mass is 265 g/mol. The lowest BCUT2D eigenvalue weighted by molar-refractivity contribution is -0.118. The van der Waals surface area contributed by atoms with Gasteiger partial charge in [-0.1, -0.05) is 45.4 Å². The third-order valence-corrected chi connectivity index (χ3v) is 5.24. The van der Waals surface area contributed by atoms with Gasteiger partial charge in [0.05, 0.1) is 0 Å². The Labute approximate surface area is 118 Å². The van der Waals surface area contributed by atoms with E-state index < -0.39 is 0 Å². The van der Waals surface area contributed by atoms with Crippen molar-refractivity contribution < 1.29 is 4.79 Å². The Balaban J connectivity index is 2.00. The van der Waals surface area contributed by atoms with Gasteiger partial charge in [0.2, 0.25) is 0 Å². The molecule has 1 aliphatic heterocycles. The molecule has 0 aromatic carbocycles. The molecular formula is C17H31NO. The van der Waals surface area contributed by atoms with Crippen LogP contribution < -0.4 is 0 Å². The summed E-state index contributed by atoms with van der Waals surface area (Å²) < 4.78 is 0. The second-order valence-electron chi connectivity index (χ2n) is 6.80. The highest BCUT2D eigenvalue weighted by Crippen LogP contribution is 2.36. The minimum Gasteiger partial charge on any atom is -0.303 e. The number of carbonyl (C=O) groups excluding carboxylic acids is 1. The lowest BCUT2D eigenvalue weighted by Gasteiger charge is -2.41. The molecule has 1 aliphatic carbocycles. The van der Waals surface area contributed by atoms with E-state index >= 15 is 0 Å². The van der Waals surface area contributed by atoms with Crippen LogP contribution in [-0.4, -0.2) is 30.3 Å². The SMILES string of the molecule is CCCC1CCCCN1CC1(C=O)CCCCCC1. The summed E-state index contributed by atoms with van der Waals surface area (Å²) in [7, 11) is 0. The Bertz CT molecular complexity index is 266. The van der Waals surface area contributed by atoms with Crippen LogP contribution in [-0.2, 0) is 4.79 Å². The fourth-order valence-corrected chi connectivity index (χ4v) is 4.08. The quantitative estimate of drug-likeness (QED) is 0.549. The standard InChI is InChI=1S/C17H31NO/c1-2-9-16-10-5-8-13-18(16)14-17(15-19)11-6-3-4-7-12-17/h15-16H,2-14H2,1H3. The van der Waals surface area contributed by atoms with E-state index in [-0.39, 0.29) is 5.41 Å². The first-order valence-corrected chi connectivity index (χ1v) is 8.50. The molecule has 0 aromatic rings. The maximum Gasteiger partial charge on any atom is 0.127 e. The van der Waals surface area contributed by atoms with Crippen LogP contribution in [0.25, 0.3) is 0 Å². The summed E-state index contributed by atoms with van der Waals surface area (Å²) in [6.07, 6.45) is 15.4. The van der Waals surface area contributed by atoms with E-state index in [0.29, 0.717) is 0 Å². The van der Waals surface area contributed by atoms with Gasteiger partial charge in [0.1, 0.15) is 6.29 Å². The molecule has 0 aromatic heterocycles. The number of aldehydes is 1. The zero-order chi connectivity index (χ0) is 13.6. The summed E-state index contributed by atoms with van der Waals surface area (Å²) in [6, 6.07) is 0.749. The van der Waals surface area contributed by atoms with E-state index in [4.69, 9.17) is 0 Å². The maximum atomic E-state index is 11.7. The molecule has 2 fully saturated rings. The molecular weight excluding hydrogens is 234 g/mol. The van der Waals surface area contributed by atoms with E-state index in [2.05, 4.69) is 11.8 Å². The van der Waals surface area contributed by atoms with Crippen LogP contribution in [0.3, 0.4) is 0 Å². The molecule has 0 bridgehead atoms. The van der Waals surface area contributed by atoms with Crippen molar-refractivity contribution in [3.05, 3.63) is 0 Å². The van der Waals surface area contributed by atoms with Gasteiger partial charge in [-0.05, 0) is 38.6 Å². The van der Waals surface area contributed by atoms with E-state index in [1.54, 1.807) is 0 Å². The Kier molecular flexibility index (Phi) is 5.87. The predicted octanol–water partition coefficient (Wildman–Crippen LogP) is 4.18. The van der Waals surface area contributed by atoms with Crippen molar-refractivity contribution in [2.24, 2.45) is 5.41 Å². The van der Waals surface area contributed by atoms with Gasteiger partial charge in [-0.25, -0.2) is 0 Å². The molecule has 0 amide bonds. The third kappa shape index (κ3) is 4.05. The second kappa shape index (κ2) is 7.42. The molecule has 0 radical (unpaired) electrons. The summed E-state index contributed by atoms with van der Waals surface area (Å²) >= 11 is 0.